The number of carbonyl (C=O) groups excluding carboxylic acids is 1. The molecule has 0 saturated carbocycles. The van der Waals surface area contributed by atoms with Crippen LogP contribution in [0.25, 0.3) is 5.78 Å². The molecule has 3 heterocycles. The van der Waals surface area contributed by atoms with Gasteiger partial charge in [-0.2, -0.15) is 0 Å². The highest BCUT2D eigenvalue weighted by molar-refractivity contribution is 5.91. The first-order valence-electron chi connectivity index (χ1n) is 6.89. The average molecular weight is 273 g/mol. The maximum Gasteiger partial charge on any atom is 0.292 e. The van der Waals surface area contributed by atoms with Gasteiger partial charge in [-0.3, -0.25) is 9.20 Å². The van der Waals surface area contributed by atoms with Crippen LogP contribution in [0.15, 0.2) is 12.3 Å². The molecule has 1 amide bonds. The number of carbonyl (C=O) groups is 1. The highest BCUT2D eigenvalue weighted by Crippen LogP contribution is 2.36. The van der Waals surface area contributed by atoms with E-state index in [1.165, 1.54) is 0 Å². The van der Waals surface area contributed by atoms with Crippen molar-refractivity contribution in [2.75, 3.05) is 6.54 Å². The molecule has 2 aromatic heterocycles. The topological polar surface area (TPSA) is 63.4 Å². The standard InChI is InChI=1S/C14H19N5O/c1-9-5-7-19-11(16-17-13(19)15-9)12(20)18-8-6-14(3,4)10(18)2/h5,7,10H,6,8H2,1-4H3/t10-/m0/s1. The summed E-state index contributed by atoms with van der Waals surface area (Å²) in [6, 6.07) is 2.05. The van der Waals surface area contributed by atoms with Gasteiger partial charge in [0.2, 0.25) is 5.82 Å². The molecule has 0 spiro atoms. The molecule has 0 aliphatic carbocycles. The highest BCUT2D eigenvalue weighted by Gasteiger charge is 2.40. The lowest BCUT2D eigenvalue weighted by atomic mass is 9.86. The lowest BCUT2D eigenvalue weighted by Gasteiger charge is -2.28. The van der Waals surface area contributed by atoms with Crippen LogP contribution in [-0.2, 0) is 0 Å². The molecular formula is C14H19N5O. The second-order valence-corrected chi connectivity index (χ2v) is 6.18. The van der Waals surface area contributed by atoms with Crippen molar-refractivity contribution in [2.45, 2.75) is 40.2 Å². The Balaban J connectivity index is 1.98. The van der Waals surface area contributed by atoms with E-state index < -0.39 is 0 Å². The Morgan fingerprint density at radius 1 is 1.40 bits per heavy atom. The first kappa shape index (κ1) is 13.0. The number of hydrogen-bond donors (Lipinski definition) is 0. The Hall–Kier alpha value is -1.98. The van der Waals surface area contributed by atoms with Crippen LogP contribution < -0.4 is 0 Å². The van der Waals surface area contributed by atoms with Gasteiger partial charge >= 0.3 is 0 Å². The first-order chi connectivity index (χ1) is 9.40. The predicted octanol–water partition coefficient (Wildman–Crippen LogP) is 1.69. The van der Waals surface area contributed by atoms with Crippen molar-refractivity contribution < 1.29 is 4.79 Å². The Labute approximate surface area is 117 Å². The maximum absolute atomic E-state index is 12.7. The number of nitrogens with zero attached hydrogens (tertiary/aromatic N) is 5. The van der Waals surface area contributed by atoms with Gasteiger partial charge in [0.05, 0.1) is 0 Å². The Morgan fingerprint density at radius 3 is 2.80 bits per heavy atom. The van der Waals surface area contributed by atoms with Gasteiger partial charge in [-0.25, -0.2) is 4.98 Å². The third-order valence-corrected chi connectivity index (χ3v) is 4.47. The van der Waals surface area contributed by atoms with Gasteiger partial charge in [0.15, 0.2) is 0 Å². The maximum atomic E-state index is 12.7. The molecule has 0 N–H and O–H groups in total. The van der Waals surface area contributed by atoms with Crippen molar-refractivity contribution in [1.29, 1.82) is 0 Å². The van der Waals surface area contributed by atoms with Crippen LogP contribution in [0, 0.1) is 12.3 Å². The van der Waals surface area contributed by atoms with Crippen molar-refractivity contribution in [1.82, 2.24) is 24.5 Å². The van der Waals surface area contributed by atoms with Crippen LogP contribution in [0.3, 0.4) is 0 Å². The first-order valence-corrected chi connectivity index (χ1v) is 6.89. The molecule has 1 saturated heterocycles. The molecule has 0 aromatic carbocycles. The van der Waals surface area contributed by atoms with Crippen molar-refractivity contribution >= 4 is 11.7 Å². The van der Waals surface area contributed by atoms with Gasteiger partial charge in [0.25, 0.3) is 11.7 Å². The largest absolute Gasteiger partial charge is 0.333 e. The van der Waals surface area contributed by atoms with E-state index in [1.54, 1.807) is 10.6 Å². The van der Waals surface area contributed by atoms with Crippen LogP contribution in [0.4, 0.5) is 0 Å². The van der Waals surface area contributed by atoms with Gasteiger partial charge < -0.3 is 4.90 Å². The van der Waals surface area contributed by atoms with E-state index in [0.717, 1.165) is 18.7 Å². The molecule has 6 heteroatoms. The van der Waals surface area contributed by atoms with E-state index in [1.807, 2.05) is 17.9 Å². The molecule has 0 bridgehead atoms. The van der Waals surface area contributed by atoms with Crippen LogP contribution in [-0.4, -0.2) is 43.0 Å². The molecule has 1 atom stereocenters. The molecule has 1 fully saturated rings. The summed E-state index contributed by atoms with van der Waals surface area (Å²) >= 11 is 0. The smallest absolute Gasteiger partial charge is 0.292 e. The number of aromatic nitrogens is 4. The van der Waals surface area contributed by atoms with E-state index in [0.29, 0.717) is 11.6 Å². The second kappa shape index (κ2) is 4.26. The van der Waals surface area contributed by atoms with Gasteiger partial charge in [-0.15, -0.1) is 10.2 Å². The summed E-state index contributed by atoms with van der Waals surface area (Å²) in [5, 5.41) is 8.01. The van der Waals surface area contributed by atoms with E-state index in [9.17, 15) is 4.79 Å². The Kier molecular flexibility index (Phi) is 2.77. The molecule has 3 rings (SSSR count). The van der Waals surface area contributed by atoms with Crippen LogP contribution in [0.5, 0.6) is 0 Å². The number of fused-ring (bicyclic) bond motifs is 1. The third-order valence-electron chi connectivity index (χ3n) is 4.47. The summed E-state index contributed by atoms with van der Waals surface area (Å²) in [7, 11) is 0. The number of likely N-dealkylation sites (tertiary alicyclic amines) is 1. The fourth-order valence-corrected chi connectivity index (χ4v) is 2.66. The average Bonchev–Trinajstić information content (AvgIpc) is 2.91. The number of aryl methyl sites for hydroxylation is 1. The van der Waals surface area contributed by atoms with Crippen LogP contribution >= 0.6 is 0 Å². The summed E-state index contributed by atoms with van der Waals surface area (Å²) in [6.45, 7) is 9.13. The minimum Gasteiger partial charge on any atom is -0.333 e. The summed E-state index contributed by atoms with van der Waals surface area (Å²) in [5.74, 6) is 0.748. The molecular weight excluding hydrogens is 254 g/mol. The zero-order chi connectivity index (χ0) is 14.5. The second-order valence-electron chi connectivity index (χ2n) is 6.18. The van der Waals surface area contributed by atoms with E-state index in [-0.39, 0.29) is 17.4 Å². The van der Waals surface area contributed by atoms with Gasteiger partial charge in [-0.1, -0.05) is 13.8 Å². The monoisotopic (exact) mass is 273 g/mol. The Morgan fingerprint density at radius 2 is 2.15 bits per heavy atom. The van der Waals surface area contributed by atoms with E-state index >= 15 is 0 Å². The predicted molar refractivity (Wildman–Crippen MR) is 74.4 cm³/mol. The van der Waals surface area contributed by atoms with Crippen LogP contribution in [0.2, 0.25) is 0 Å². The van der Waals surface area contributed by atoms with E-state index in [2.05, 4.69) is 36.0 Å². The van der Waals surface area contributed by atoms with E-state index in [4.69, 9.17) is 0 Å². The third kappa shape index (κ3) is 1.87. The van der Waals surface area contributed by atoms with Gasteiger partial charge in [-0.05, 0) is 31.7 Å². The number of amides is 1. The molecule has 1 aliphatic rings. The summed E-state index contributed by atoms with van der Waals surface area (Å²) in [4.78, 5) is 18.8. The van der Waals surface area contributed by atoms with Gasteiger partial charge in [0.1, 0.15) is 0 Å². The van der Waals surface area contributed by atoms with Crippen LogP contribution in [0.1, 0.15) is 43.5 Å². The van der Waals surface area contributed by atoms with Crippen molar-refractivity contribution in [3.8, 4) is 0 Å². The fourth-order valence-electron chi connectivity index (χ4n) is 2.66. The lowest BCUT2D eigenvalue weighted by Crippen LogP contribution is -2.39. The zero-order valence-corrected chi connectivity index (χ0v) is 12.3. The SMILES string of the molecule is Cc1ccn2c(C(=O)N3CCC(C)(C)[C@@H]3C)nnc2n1. The summed E-state index contributed by atoms with van der Waals surface area (Å²) in [6.07, 6.45) is 2.81. The van der Waals surface area contributed by atoms with Gasteiger partial charge in [0, 0.05) is 24.5 Å². The minimum absolute atomic E-state index is 0.0683. The molecule has 1 aliphatic heterocycles. The van der Waals surface area contributed by atoms with Crippen molar-refractivity contribution in [2.24, 2.45) is 5.41 Å². The number of hydrogen-bond acceptors (Lipinski definition) is 4. The molecule has 106 valence electrons. The van der Waals surface area contributed by atoms with Crippen molar-refractivity contribution in [3.63, 3.8) is 0 Å². The molecule has 0 radical (unpaired) electrons. The molecule has 0 unspecified atom stereocenters. The van der Waals surface area contributed by atoms with Crippen molar-refractivity contribution in [3.05, 3.63) is 23.8 Å². The molecule has 6 nitrogen and oxygen atoms in total. The number of rotatable bonds is 1. The summed E-state index contributed by atoms with van der Waals surface area (Å²) in [5.41, 5.74) is 1.00. The highest BCUT2D eigenvalue weighted by atomic mass is 16.2. The lowest BCUT2D eigenvalue weighted by molar-refractivity contribution is 0.0692. The molecule has 20 heavy (non-hydrogen) atoms. The fraction of sp³-hybridized carbons (Fsp3) is 0.571. The zero-order valence-electron chi connectivity index (χ0n) is 12.3. The normalized spacial score (nSPS) is 21.6. The summed E-state index contributed by atoms with van der Waals surface area (Å²) < 4.78 is 1.66. The Bertz CT molecular complexity index is 675. The minimum atomic E-state index is -0.0683. The molecule has 2 aromatic rings. The quantitative estimate of drug-likeness (QED) is 0.793.